The molecule has 3 N–H and O–H groups in total. The number of nitrogens with zero attached hydrogens (tertiary/aromatic N) is 5. The molecule has 0 aliphatic rings. The van der Waals surface area contributed by atoms with Gasteiger partial charge in [-0.05, 0) is 6.07 Å². The molecular weight excluding hydrogens is 510 g/mol. The van der Waals surface area contributed by atoms with Gasteiger partial charge in [-0.1, -0.05) is 13.0 Å². The normalized spacial score (nSPS) is 15.4. The molecule has 0 spiro atoms. The molecule has 0 fully saturated rings. The SMILES string of the molecule is C=NN(/C=[N+](\C)C(C)OC(=O)OP(=O)(O)O)CC(O)(c1ccc(F)cc1F)[C@@H](C)c1ncncc1F. The molecule has 2 rings (SSSR count). The number of phosphoric ester groups is 1. The van der Waals surface area contributed by atoms with E-state index < -0.39 is 61.3 Å². The Kier molecular flexibility index (Phi) is 9.26. The number of benzene rings is 1. The van der Waals surface area contributed by atoms with Crippen LogP contribution in [0.25, 0.3) is 0 Å². The van der Waals surface area contributed by atoms with Crippen molar-refractivity contribution in [3.8, 4) is 0 Å². The van der Waals surface area contributed by atoms with E-state index in [0.717, 1.165) is 36.0 Å². The van der Waals surface area contributed by atoms with Gasteiger partial charge in [-0.25, -0.2) is 37.1 Å². The fourth-order valence-electron chi connectivity index (χ4n) is 3.18. The summed E-state index contributed by atoms with van der Waals surface area (Å²) in [5.74, 6) is -4.13. The van der Waals surface area contributed by atoms with Crippen molar-refractivity contribution in [2.75, 3.05) is 13.6 Å². The summed E-state index contributed by atoms with van der Waals surface area (Å²) in [4.78, 5) is 36.2. The number of phosphoric acid groups is 1. The number of aromatic nitrogens is 2. The first kappa shape index (κ1) is 28.8. The maximum Gasteiger partial charge on any atom is 0.529 e. The molecule has 16 heteroatoms. The lowest BCUT2D eigenvalue weighted by atomic mass is 9.79. The Labute approximate surface area is 203 Å². The average molecular weight is 534 g/mol. The van der Waals surface area contributed by atoms with E-state index >= 15 is 0 Å². The summed E-state index contributed by atoms with van der Waals surface area (Å²) in [6.07, 6.45) is 0.208. The molecular formula is C20H24F3N5O7P+. The average Bonchev–Trinajstić information content (AvgIpc) is 2.76. The summed E-state index contributed by atoms with van der Waals surface area (Å²) in [5, 5.41) is 16.4. The van der Waals surface area contributed by atoms with Crippen LogP contribution < -0.4 is 0 Å². The minimum Gasteiger partial charge on any atom is -0.391 e. The standard InChI is InChI=1S/C20H23F3N5O7P/c1-12(18-17(23)8-25-10-26-18)20(30,15-6-5-14(21)7-16(15)22)9-28(24-3)11-27(4)13(2)34-19(29)35-36(31,32)33/h5-8,10-13,30H,3,9H2,1-2,4H3,(H-,31,32,33)/p+1/t12-,13?,20?/m0/s1. The third-order valence-corrected chi connectivity index (χ3v) is 5.54. The van der Waals surface area contributed by atoms with Crippen molar-refractivity contribution in [3.05, 3.63) is 59.4 Å². The van der Waals surface area contributed by atoms with Crippen LogP contribution in [0.4, 0.5) is 18.0 Å². The Hall–Kier alpha value is -3.39. The van der Waals surface area contributed by atoms with Gasteiger partial charge in [0.1, 0.15) is 30.1 Å². The van der Waals surface area contributed by atoms with Crippen LogP contribution in [0, 0.1) is 17.5 Å². The molecule has 0 aliphatic heterocycles. The molecule has 0 saturated heterocycles. The molecule has 0 amide bonds. The Bertz CT molecular complexity index is 1200. The number of halogens is 3. The Morgan fingerprint density at radius 3 is 2.56 bits per heavy atom. The maximum absolute atomic E-state index is 14.8. The van der Waals surface area contributed by atoms with E-state index in [4.69, 9.17) is 14.5 Å². The first-order chi connectivity index (χ1) is 16.7. The molecule has 0 saturated carbocycles. The predicted molar refractivity (Wildman–Crippen MR) is 118 cm³/mol. The van der Waals surface area contributed by atoms with Crippen molar-refractivity contribution in [1.82, 2.24) is 15.0 Å². The Morgan fingerprint density at radius 1 is 1.33 bits per heavy atom. The first-order valence-corrected chi connectivity index (χ1v) is 11.6. The van der Waals surface area contributed by atoms with Crippen LogP contribution in [0.15, 0.2) is 35.8 Å². The highest BCUT2D eigenvalue weighted by Crippen LogP contribution is 2.39. The van der Waals surface area contributed by atoms with E-state index in [2.05, 4.69) is 26.3 Å². The molecule has 2 aromatic rings. The van der Waals surface area contributed by atoms with Crippen LogP contribution in [-0.4, -0.2) is 73.5 Å². The van der Waals surface area contributed by atoms with Crippen molar-refractivity contribution >= 4 is 27.0 Å². The second-order valence-corrected chi connectivity index (χ2v) is 8.76. The number of aliphatic hydroxyl groups is 1. The van der Waals surface area contributed by atoms with E-state index in [-0.39, 0.29) is 5.69 Å². The number of hydrogen-bond donors (Lipinski definition) is 3. The van der Waals surface area contributed by atoms with Gasteiger partial charge < -0.3 is 14.4 Å². The minimum atomic E-state index is -5.13. The van der Waals surface area contributed by atoms with Gasteiger partial charge >= 0.3 is 14.0 Å². The Morgan fingerprint density at radius 2 is 2.00 bits per heavy atom. The van der Waals surface area contributed by atoms with Gasteiger partial charge in [0.2, 0.25) is 6.23 Å². The van der Waals surface area contributed by atoms with Crippen LogP contribution in [0.2, 0.25) is 0 Å². The van der Waals surface area contributed by atoms with Crippen LogP contribution in [0.1, 0.15) is 31.0 Å². The van der Waals surface area contributed by atoms with Crippen LogP contribution >= 0.6 is 7.82 Å². The highest BCUT2D eigenvalue weighted by molar-refractivity contribution is 7.46. The smallest absolute Gasteiger partial charge is 0.391 e. The highest BCUT2D eigenvalue weighted by atomic mass is 31.2. The molecule has 0 aliphatic carbocycles. The largest absolute Gasteiger partial charge is 0.529 e. The fourth-order valence-corrected chi connectivity index (χ4v) is 3.42. The Balaban J connectivity index is 2.43. The minimum absolute atomic E-state index is 0.259. The molecule has 0 radical (unpaired) electrons. The van der Waals surface area contributed by atoms with E-state index in [1.807, 2.05) is 0 Å². The van der Waals surface area contributed by atoms with E-state index in [1.54, 1.807) is 0 Å². The van der Waals surface area contributed by atoms with Gasteiger partial charge in [-0.3, -0.25) is 9.79 Å². The zero-order valence-corrected chi connectivity index (χ0v) is 20.2. The zero-order chi connectivity index (χ0) is 27.3. The van der Waals surface area contributed by atoms with Crippen LogP contribution in [-0.2, 0) is 19.4 Å². The molecule has 36 heavy (non-hydrogen) atoms. The van der Waals surface area contributed by atoms with Gasteiger partial charge in [0.05, 0.1) is 18.9 Å². The monoisotopic (exact) mass is 534 g/mol. The molecule has 2 unspecified atom stereocenters. The summed E-state index contributed by atoms with van der Waals surface area (Å²) in [6.45, 7) is 5.46. The molecule has 1 aromatic carbocycles. The van der Waals surface area contributed by atoms with Gasteiger partial charge in [0.15, 0.2) is 5.82 Å². The third-order valence-electron chi connectivity index (χ3n) is 5.15. The quantitative estimate of drug-likeness (QED) is 0.0784. The molecule has 196 valence electrons. The molecule has 12 nitrogen and oxygen atoms in total. The van der Waals surface area contributed by atoms with Crippen molar-refractivity contribution in [2.24, 2.45) is 5.10 Å². The van der Waals surface area contributed by atoms with Crippen molar-refractivity contribution in [1.29, 1.82) is 0 Å². The summed E-state index contributed by atoms with van der Waals surface area (Å²) >= 11 is 0. The molecule has 0 bridgehead atoms. The first-order valence-electron chi connectivity index (χ1n) is 10.1. The fraction of sp³-hybridized carbons (Fsp3) is 0.350. The van der Waals surface area contributed by atoms with Crippen molar-refractivity contribution in [3.63, 3.8) is 0 Å². The van der Waals surface area contributed by atoms with Crippen LogP contribution in [0.5, 0.6) is 0 Å². The van der Waals surface area contributed by atoms with E-state index in [0.29, 0.717) is 6.07 Å². The lowest BCUT2D eigenvalue weighted by molar-refractivity contribution is -0.576. The lowest BCUT2D eigenvalue weighted by Gasteiger charge is -2.34. The van der Waals surface area contributed by atoms with Gasteiger partial charge in [0, 0.05) is 31.2 Å². The highest BCUT2D eigenvalue weighted by Gasteiger charge is 2.44. The number of hydrazone groups is 1. The van der Waals surface area contributed by atoms with Crippen molar-refractivity contribution < 1.29 is 51.3 Å². The van der Waals surface area contributed by atoms with Gasteiger partial charge in [0.25, 0.3) is 6.34 Å². The maximum atomic E-state index is 14.8. The molecule has 1 heterocycles. The van der Waals surface area contributed by atoms with Gasteiger partial charge in [-0.2, -0.15) is 0 Å². The number of rotatable bonds is 10. The zero-order valence-electron chi connectivity index (χ0n) is 19.3. The van der Waals surface area contributed by atoms with E-state index in [9.17, 15) is 27.6 Å². The summed E-state index contributed by atoms with van der Waals surface area (Å²) < 4.78 is 63.3. The van der Waals surface area contributed by atoms with E-state index in [1.165, 1.54) is 25.5 Å². The molecule has 1 aromatic heterocycles. The predicted octanol–water partition coefficient (Wildman–Crippen LogP) is 2.07. The number of hydrogen-bond acceptors (Lipinski definition) is 8. The number of carbonyl (C=O) groups excluding carboxylic acids is 1. The topological polar surface area (TPSA) is 158 Å². The van der Waals surface area contributed by atoms with Gasteiger partial charge in [-0.15, -0.1) is 10.1 Å². The number of ether oxygens (including phenoxy) is 1. The lowest BCUT2D eigenvalue weighted by Crippen LogP contribution is -2.45. The second-order valence-electron chi connectivity index (χ2n) is 7.59. The summed E-state index contributed by atoms with van der Waals surface area (Å²) in [5.41, 5.74) is -2.92. The summed E-state index contributed by atoms with van der Waals surface area (Å²) in [7, 11) is -3.78. The second kappa shape index (κ2) is 11.6. The number of carbonyl (C=O) groups is 1. The third kappa shape index (κ3) is 7.31. The van der Waals surface area contributed by atoms with Crippen molar-refractivity contribution in [2.45, 2.75) is 31.6 Å². The molecule has 3 atom stereocenters. The summed E-state index contributed by atoms with van der Waals surface area (Å²) in [6, 6.07) is 2.46. The van der Waals surface area contributed by atoms with Crippen LogP contribution in [0.3, 0.4) is 0 Å².